The molecule has 0 aromatic rings. The lowest BCUT2D eigenvalue weighted by Gasteiger charge is -2.62. The van der Waals surface area contributed by atoms with Crippen molar-refractivity contribution < 1.29 is 9.90 Å². The second kappa shape index (κ2) is 5.60. The summed E-state index contributed by atoms with van der Waals surface area (Å²) in [6.07, 6.45) is 11.4. The van der Waals surface area contributed by atoms with E-state index in [0.717, 1.165) is 31.3 Å². The summed E-state index contributed by atoms with van der Waals surface area (Å²) in [5.41, 5.74) is 1.98. The van der Waals surface area contributed by atoms with Gasteiger partial charge in [0.25, 0.3) is 0 Å². The van der Waals surface area contributed by atoms with Crippen molar-refractivity contribution in [2.24, 2.45) is 28.1 Å². The van der Waals surface area contributed by atoms with Crippen molar-refractivity contribution in [3.63, 3.8) is 0 Å². The van der Waals surface area contributed by atoms with Crippen molar-refractivity contribution >= 4 is 5.78 Å². The summed E-state index contributed by atoms with van der Waals surface area (Å²) in [7, 11) is 4.38. The highest BCUT2D eigenvalue weighted by Gasteiger charge is 2.80. The van der Waals surface area contributed by atoms with E-state index >= 15 is 0 Å². The van der Waals surface area contributed by atoms with Crippen LogP contribution in [0.25, 0.3) is 0 Å². The zero-order valence-electron chi connectivity index (χ0n) is 18.2. The Morgan fingerprint density at radius 1 is 1.18 bits per heavy atom. The summed E-state index contributed by atoms with van der Waals surface area (Å²) < 4.78 is 0. The van der Waals surface area contributed by atoms with Crippen molar-refractivity contribution in [1.29, 1.82) is 0 Å². The molecule has 0 bridgehead atoms. The maximum Gasteiger partial charge on any atom is 0.159 e. The van der Waals surface area contributed by atoms with Gasteiger partial charge in [-0.3, -0.25) is 4.79 Å². The van der Waals surface area contributed by atoms with Crippen LogP contribution in [0.1, 0.15) is 71.6 Å². The minimum absolute atomic E-state index is 0.282. The molecular formula is C25H37NO2. The second-order valence-electron chi connectivity index (χ2n) is 11.2. The van der Waals surface area contributed by atoms with Gasteiger partial charge < -0.3 is 10.0 Å². The number of carbonyl (C=O) groups is 1. The third-order valence-corrected chi connectivity index (χ3v) is 10.3. The van der Waals surface area contributed by atoms with Gasteiger partial charge >= 0.3 is 0 Å². The van der Waals surface area contributed by atoms with Crippen molar-refractivity contribution in [2.45, 2.75) is 83.3 Å². The Balaban J connectivity index is 1.52. The van der Waals surface area contributed by atoms with Crippen molar-refractivity contribution in [3.8, 4) is 0 Å². The monoisotopic (exact) mass is 383 g/mol. The number of hydrogen-bond acceptors (Lipinski definition) is 3. The van der Waals surface area contributed by atoms with Crippen LogP contribution in [0.5, 0.6) is 0 Å². The summed E-state index contributed by atoms with van der Waals surface area (Å²) in [6.45, 7) is 8.88. The van der Waals surface area contributed by atoms with Gasteiger partial charge in [-0.25, -0.2) is 0 Å². The van der Waals surface area contributed by atoms with Crippen LogP contribution in [0.15, 0.2) is 23.8 Å². The Kier molecular flexibility index (Phi) is 3.81. The first kappa shape index (κ1) is 19.1. The number of ketones is 1. The Bertz CT molecular complexity index is 783. The van der Waals surface area contributed by atoms with E-state index in [1.54, 1.807) is 0 Å². The molecule has 0 saturated heterocycles. The van der Waals surface area contributed by atoms with Crippen molar-refractivity contribution in [2.75, 3.05) is 14.1 Å². The molecule has 5 aliphatic rings. The minimum atomic E-state index is -0.795. The zero-order valence-corrected chi connectivity index (χ0v) is 18.2. The van der Waals surface area contributed by atoms with E-state index in [-0.39, 0.29) is 11.2 Å². The smallest absolute Gasteiger partial charge is 0.159 e. The van der Waals surface area contributed by atoms with Gasteiger partial charge in [-0.05, 0) is 99.8 Å². The van der Waals surface area contributed by atoms with Crippen LogP contribution in [0.3, 0.4) is 0 Å². The van der Waals surface area contributed by atoms with Crippen molar-refractivity contribution in [3.05, 3.63) is 23.8 Å². The first-order valence-corrected chi connectivity index (χ1v) is 11.5. The van der Waals surface area contributed by atoms with Gasteiger partial charge in [0.1, 0.15) is 0 Å². The average molecular weight is 384 g/mol. The number of likely N-dealkylation sites (N-methyl/N-ethyl adjacent to an activating group) is 1. The highest BCUT2D eigenvalue weighted by atomic mass is 16.3. The molecule has 154 valence electrons. The molecule has 2 spiro atoms. The molecule has 0 aliphatic heterocycles. The number of aliphatic hydroxyl groups is 1. The van der Waals surface area contributed by atoms with E-state index in [1.807, 2.05) is 13.0 Å². The Morgan fingerprint density at radius 3 is 2.61 bits per heavy atom. The molecule has 5 rings (SSSR count). The molecule has 0 unspecified atom stereocenters. The molecule has 0 radical (unpaired) electrons. The number of rotatable bonds is 2. The standard InChI is InChI=1S/C25H37NO2/c1-6-17-13-25(28)12-11-24-15-23(24)10-9-19(26(4)5)16(2)18(23)7-8-21(24)22(25,3)14-20(17)27/h13,18-19,21,28H,2,6-12,14-15H2,1,3-5H3/t18-,19-,21-,22-,23-,24-,25-/m0/s1. The summed E-state index contributed by atoms with van der Waals surface area (Å²) in [6, 6.07) is 0.521. The predicted octanol–water partition coefficient (Wildman–Crippen LogP) is 4.51. The topological polar surface area (TPSA) is 40.5 Å². The third kappa shape index (κ3) is 2.01. The van der Waals surface area contributed by atoms with Crippen LogP contribution in [-0.2, 0) is 4.79 Å². The highest BCUT2D eigenvalue weighted by molar-refractivity contribution is 5.97. The predicted molar refractivity (Wildman–Crippen MR) is 112 cm³/mol. The van der Waals surface area contributed by atoms with E-state index in [9.17, 15) is 9.90 Å². The number of fused-ring (bicyclic) bond motifs is 2. The van der Waals surface area contributed by atoms with E-state index in [1.165, 1.54) is 31.3 Å². The van der Waals surface area contributed by atoms with Crippen molar-refractivity contribution in [1.82, 2.24) is 4.90 Å². The molecule has 0 heterocycles. The maximum absolute atomic E-state index is 12.9. The first-order chi connectivity index (χ1) is 13.1. The fourth-order valence-corrected chi connectivity index (χ4v) is 8.87. The van der Waals surface area contributed by atoms with Crippen LogP contribution >= 0.6 is 0 Å². The number of hydrogen-bond donors (Lipinski definition) is 1. The summed E-state index contributed by atoms with van der Waals surface area (Å²) >= 11 is 0. The SMILES string of the molecule is C=C1[C@@H](N(C)C)CC[C@@]23C[C@]24CC[C@]2(O)C=C(CC)C(=O)C[C@@]2(C)[C@@H]4CC[C@@H]13. The van der Waals surface area contributed by atoms with E-state index in [2.05, 4.69) is 32.5 Å². The molecule has 4 fully saturated rings. The summed E-state index contributed by atoms with van der Waals surface area (Å²) in [5.74, 6) is 1.39. The van der Waals surface area contributed by atoms with E-state index in [4.69, 9.17) is 0 Å². The van der Waals surface area contributed by atoms with Gasteiger partial charge in [-0.2, -0.15) is 0 Å². The van der Waals surface area contributed by atoms with Crippen LogP contribution in [0.2, 0.25) is 0 Å². The number of allylic oxidation sites excluding steroid dienone is 1. The molecule has 1 N–H and O–H groups in total. The van der Waals surface area contributed by atoms with Gasteiger partial charge in [0.2, 0.25) is 0 Å². The van der Waals surface area contributed by atoms with E-state index < -0.39 is 5.60 Å². The largest absolute Gasteiger partial charge is 0.385 e. The molecular weight excluding hydrogens is 346 g/mol. The first-order valence-electron chi connectivity index (χ1n) is 11.5. The molecule has 28 heavy (non-hydrogen) atoms. The Hall–Kier alpha value is -0.930. The Morgan fingerprint density at radius 2 is 1.93 bits per heavy atom. The maximum atomic E-state index is 12.9. The highest BCUT2D eigenvalue weighted by Crippen LogP contribution is 2.86. The van der Waals surface area contributed by atoms with Gasteiger partial charge in [-0.15, -0.1) is 0 Å². The third-order valence-electron chi connectivity index (χ3n) is 10.3. The minimum Gasteiger partial charge on any atom is -0.385 e. The molecule has 4 saturated carbocycles. The van der Waals surface area contributed by atoms with Gasteiger partial charge in [0.15, 0.2) is 5.78 Å². The van der Waals surface area contributed by atoms with Crippen LogP contribution < -0.4 is 0 Å². The summed E-state index contributed by atoms with van der Waals surface area (Å²) in [4.78, 5) is 15.2. The number of nitrogens with zero attached hydrogens (tertiary/aromatic N) is 1. The Labute approximate surface area is 170 Å². The lowest BCUT2D eigenvalue weighted by Crippen LogP contribution is -2.61. The summed E-state index contributed by atoms with van der Waals surface area (Å²) in [5, 5.41) is 11.7. The van der Waals surface area contributed by atoms with Gasteiger partial charge in [0, 0.05) is 17.9 Å². The zero-order chi connectivity index (χ0) is 20.1. The molecule has 7 atom stereocenters. The molecule has 0 aromatic heterocycles. The van der Waals surface area contributed by atoms with Crippen LogP contribution in [-0.4, -0.2) is 41.5 Å². The van der Waals surface area contributed by atoms with Gasteiger partial charge in [-0.1, -0.05) is 26.0 Å². The lowest BCUT2D eigenvalue weighted by atomic mass is 9.44. The fraction of sp³-hybridized carbons (Fsp3) is 0.800. The number of carbonyl (C=O) groups excluding carboxylic acids is 1. The van der Waals surface area contributed by atoms with Gasteiger partial charge in [0.05, 0.1) is 5.60 Å². The van der Waals surface area contributed by atoms with Crippen LogP contribution in [0.4, 0.5) is 0 Å². The molecule has 3 heteroatoms. The molecule has 0 aromatic carbocycles. The number of Topliss-reactive ketones (excluding diaryl/α,β-unsaturated/α-hetero) is 1. The lowest BCUT2D eigenvalue weighted by molar-refractivity contribution is -0.170. The second-order valence-corrected chi connectivity index (χ2v) is 11.2. The normalized spacial score (nSPS) is 52.4. The average Bonchev–Trinajstić information content (AvgIpc) is 3.30. The molecule has 0 amide bonds. The quantitative estimate of drug-likeness (QED) is 0.713. The van der Waals surface area contributed by atoms with Crippen LogP contribution in [0, 0.1) is 28.1 Å². The molecule has 3 nitrogen and oxygen atoms in total. The molecule has 5 aliphatic carbocycles. The fourth-order valence-electron chi connectivity index (χ4n) is 8.87. The van der Waals surface area contributed by atoms with E-state index in [0.29, 0.717) is 35.1 Å².